The Morgan fingerprint density at radius 1 is 1.00 bits per heavy atom. The highest BCUT2D eigenvalue weighted by molar-refractivity contribution is 9.10. The van der Waals surface area contributed by atoms with Gasteiger partial charge in [0.05, 0.1) is 31.5 Å². The van der Waals surface area contributed by atoms with E-state index in [0.717, 1.165) is 32.4 Å². The third-order valence-electron chi connectivity index (χ3n) is 4.81. The average molecular weight is 465 g/mol. The lowest BCUT2D eigenvalue weighted by atomic mass is 10.1. The molecule has 9 heteroatoms. The number of fused-ring (bicyclic) bond motifs is 3. The van der Waals surface area contributed by atoms with Gasteiger partial charge in [0.1, 0.15) is 6.33 Å². The molecule has 0 radical (unpaired) electrons. The molecule has 0 spiro atoms. The molecular weight excluding hydrogens is 448 g/mol. The van der Waals surface area contributed by atoms with Crippen LogP contribution in [-0.4, -0.2) is 43.6 Å². The number of methoxy groups -OCH3 is 2. The van der Waals surface area contributed by atoms with E-state index < -0.39 is 0 Å². The molecule has 2 aromatic carbocycles. The molecule has 0 saturated carbocycles. The molecular formula is C21H17BrN6O2. The molecule has 0 bridgehead atoms. The maximum absolute atomic E-state index is 5.39. The molecule has 0 aliphatic heterocycles. The zero-order valence-corrected chi connectivity index (χ0v) is 17.9. The smallest absolute Gasteiger partial charge is 0.170 e. The van der Waals surface area contributed by atoms with Crippen LogP contribution in [-0.2, 0) is 6.42 Å². The second kappa shape index (κ2) is 7.42. The quantitative estimate of drug-likeness (QED) is 0.393. The summed E-state index contributed by atoms with van der Waals surface area (Å²) in [5, 5.41) is 9.93. The van der Waals surface area contributed by atoms with E-state index in [2.05, 4.69) is 31.1 Å². The van der Waals surface area contributed by atoms with Crippen LogP contribution < -0.4 is 9.47 Å². The molecule has 3 aromatic heterocycles. The van der Waals surface area contributed by atoms with Crippen molar-refractivity contribution in [2.24, 2.45) is 0 Å². The first-order chi connectivity index (χ1) is 14.7. The van der Waals surface area contributed by atoms with Crippen molar-refractivity contribution in [3.05, 3.63) is 70.8 Å². The van der Waals surface area contributed by atoms with E-state index in [-0.39, 0.29) is 0 Å². The Balaban J connectivity index is 1.54. The molecule has 0 atom stereocenters. The van der Waals surface area contributed by atoms with E-state index in [0.29, 0.717) is 23.7 Å². The minimum atomic E-state index is 0.559. The van der Waals surface area contributed by atoms with Crippen molar-refractivity contribution < 1.29 is 9.47 Å². The van der Waals surface area contributed by atoms with Gasteiger partial charge in [-0.1, -0.05) is 28.1 Å². The Morgan fingerprint density at radius 2 is 1.87 bits per heavy atom. The van der Waals surface area contributed by atoms with Crippen LogP contribution in [0.15, 0.2) is 59.5 Å². The van der Waals surface area contributed by atoms with Gasteiger partial charge in [0.25, 0.3) is 0 Å². The predicted molar refractivity (Wildman–Crippen MR) is 115 cm³/mol. The van der Waals surface area contributed by atoms with Gasteiger partial charge in [-0.3, -0.25) is 0 Å². The average Bonchev–Trinajstić information content (AvgIpc) is 3.37. The van der Waals surface area contributed by atoms with Gasteiger partial charge in [-0.25, -0.2) is 19.2 Å². The SMILES string of the molecule is COc1ccc(Cc2nc3c4cnn(-c5cccc(Br)c5)c4ncn3n2)cc1OC. The van der Waals surface area contributed by atoms with Crippen LogP contribution in [0.3, 0.4) is 0 Å². The molecule has 0 fully saturated rings. The van der Waals surface area contributed by atoms with E-state index in [1.54, 1.807) is 35.9 Å². The van der Waals surface area contributed by atoms with Crippen LogP contribution in [0.4, 0.5) is 0 Å². The summed E-state index contributed by atoms with van der Waals surface area (Å²) in [5.74, 6) is 2.06. The Hall–Kier alpha value is -3.46. The standard InChI is InChI=1S/C21H17BrN6O2/c1-29-17-7-6-13(8-18(17)30-2)9-19-25-21-16-11-24-28(15-5-3-4-14(22)10-15)20(16)23-12-27(21)26-19/h3-8,10-12H,9H2,1-2H3. The largest absolute Gasteiger partial charge is 0.493 e. The molecule has 0 amide bonds. The van der Waals surface area contributed by atoms with Gasteiger partial charge in [-0.05, 0) is 35.9 Å². The minimum Gasteiger partial charge on any atom is -0.493 e. The van der Waals surface area contributed by atoms with Crippen LogP contribution >= 0.6 is 15.9 Å². The Morgan fingerprint density at radius 3 is 2.67 bits per heavy atom. The molecule has 30 heavy (non-hydrogen) atoms. The van der Waals surface area contributed by atoms with Crippen molar-refractivity contribution in [2.45, 2.75) is 6.42 Å². The first-order valence-corrected chi connectivity index (χ1v) is 10.0. The van der Waals surface area contributed by atoms with Crippen LogP contribution in [0, 0.1) is 0 Å². The summed E-state index contributed by atoms with van der Waals surface area (Å²) in [5.41, 5.74) is 3.39. The normalized spacial score (nSPS) is 11.3. The summed E-state index contributed by atoms with van der Waals surface area (Å²) in [6.07, 6.45) is 4.00. The van der Waals surface area contributed by atoms with Gasteiger partial charge >= 0.3 is 0 Å². The zero-order chi connectivity index (χ0) is 20.7. The van der Waals surface area contributed by atoms with Crippen molar-refractivity contribution in [1.29, 1.82) is 0 Å². The summed E-state index contributed by atoms with van der Waals surface area (Å²) in [4.78, 5) is 9.29. The summed E-state index contributed by atoms with van der Waals surface area (Å²) >= 11 is 3.50. The van der Waals surface area contributed by atoms with Crippen LogP contribution in [0.2, 0.25) is 0 Å². The first kappa shape index (κ1) is 18.6. The summed E-state index contributed by atoms with van der Waals surface area (Å²) in [7, 11) is 3.24. The summed E-state index contributed by atoms with van der Waals surface area (Å²) in [6, 6.07) is 13.7. The van der Waals surface area contributed by atoms with Crippen molar-refractivity contribution in [3.63, 3.8) is 0 Å². The topological polar surface area (TPSA) is 79.4 Å². The molecule has 5 rings (SSSR count). The van der Waals surface area contributed by atoms with E-state index >= 15 is 0 Å². The molecule has 0 saturated heterocycles. The second-order valence-corrected chi connectivity index (χ2v) is 7.60. The van der Waals surface area contributed by atoms with Gasteiger partial charge in [-0.15, -0.1) is 5.10 Å². The summed E-state index contributed by atoms with van der Waals surface area (Å²) < 4.78 is 15.1. The second-order valence-electron chi connectivity index (χ2n) is 6.68. The van der Waals surface area contributed by atoms with E-state index in [4.69, 9.17) is 14.5 Å². The van der Waals surface area contributed by atoms with Crippen LogP contribution in [0.5, 0.6) is 11.5 Å². The van der Waals surface area contributed by atoms with Gasteiger partial charge in [-0.2, -0.15) is 5.10 Å². The maximum atomic E-state index is 5.39. The van der Waals surface area contributed by atoms with Crippen molar-refractivity contribution in [3.8, 4) is 17.2 Å². The summed E-state index contributed by atoms with van der Waals surface area (Å²) in [6.45, 7) is 0. The monoisotopic (exact) mass is 464 g/mol. The van der Waals surface area contributed by atoms with E-state index in [9.17, 15) is 0 Å². The van der Waals surface area contributed by atoms with E-state index in [1.165, 1.54) is 0 Å². The van der Waals surface area contributed by atoms with Gasteiger partial charge in [0.2, 0.25) is 0 Å². The first-order valence-electron chi connectivity index (χ1n) is 9.21. The number of hydrogen-bond donors (Lipinski definition) is 0. The molecule has 150 valence electrons. The molecule has 0 N–H and O–H groups in total. The Bertz CT molecular complexity index is 1380. The van der Waals surface area contributed by atoms with Crippen LogP contribution in [0.25, 0.3) is 22.4 Å². The molecule has 3 heterocycles. The predicted octanol–water partition coefficient (Wildman–Crippen LogP) is 3.83. The Kier molecular flexibility index (Phi) is 4.59. The number of halogens is 1. The molecule has 0 aliphatic rings. The van der Waals surface area contributed by atoms with Gasteiger partial charge in [0, 0.05) is 10.9 Å². The molecule has 0 unspecified atom stereocenters. The fourth-order valence-electron chi connectivity index (χ4n) is 3.41. The van der Waals surface area contributed by atoms with Crippen molar-refractivity contribution >= 4 is 32.6 Å². The number of nitrogens with zero attached hydrogens (tertiary/aromatic N) is 6. The van der Waals surface area contributed by atoms with Crippen LogP contribution in [0.1, 0.15) is 11.4 Å². The fourth-order valence-corrected chi connectivity index (χ4v) is 3.80. The highest BCUT2D eigenvalue weighted by Gasteiger charge is 2.14. The minimum absolute atomic E-state index is 0.559. The number of aromatic nitrogens is 6. The molecule has 0 aliphatic carbocycles. The third-order valence-corrected chi connectivity index (χ3v) is 5.31. The highest BCUT2D eigenvalue weighted by Crippen LogP contribution is 2.28. The number of hydrogen-bond acceptors (Lipinski definition) is 6. The van der Waals surface area contributed by atoms with Crippen molar-refractivity contribution in [1.82, 2.24) is 29.4 Å². The third kappa shape index (κ3) is 3.17. The number of rotatable bonds is 5. The fraction of sp³-hybridized carbons (Fsp3) is 0.143. The van der Waals surface area contributed by atoms with Gasteiger partial charge in [0.15, 0.2) is 28.6 Å². The number of benzene rings is 2. The lowest BCUT2D eigenvalue weighted by Crippen LogP contribution is -1.99. The zero-order valence-electron chi connectivity index (χ0n) is 16.3. The molecule has 5 aromatic rings. The number of ether oxygens (including phenoxy) is 2. The lowest BCUT2D eigenvalue weighted by Gasteiger charge is -2.08. The molecule has 8 nitrogen and oxygen atoms in total. The lowest BCUT2D eigenvalue weighted by molar-refractivity contribution is 0.354. The van der Waals surface area contributed by atoms with E-state index in [1.807, 2.05) is 42.5 Å². The van der Waals surface area contributed by atoms with Gasteiger partial charge < -0.3 is 9.47 Å². The Labute approximate surface area is 180 Å². The highest BCUT2D eigenvalue weighted by atomic mass is 79.9. The maximum Gasteiger partial charge on any atom is 0.170 e. The van der Waals surface area contributed by atoms with Crippen molar-refractivity contribution in [2.75, 3.05) is 14.2 Å².